The number of carbonyl (C=O) groups is 2. The maximum Gasteiger partial charge on any atom is 0.319 e. The lowest BCUT2D eigenvalue weighted by molar-refractivity contribution is -0.138. The normalized spacial score (nSPS) is 39.5. The maximum absolute atomic E-state index is 13.0. The molecule has 33 heavy (non-hydrogen) atoms. The zero-order valence-corrected chi connectivity index (χ0v) is 20.8. The van der Waals surface area contributed by atoms with E-state index in [2.05, 4.69) is 50.5 Å². The van der Waals surface area contributed by atoms with Gasteiger partial charge in [-0.1, -0.05) is 32.1 Å². The molecule has 3 amide bonds. The number of anilines is 1. The number of likely N-dealkylation sites (N-methyl/N-ethyl adjacent to an activating group) is 1. The third-order valence-corrected chi connectivity index (χ3v) is 10.3. The fourth-order valence-corrected chi connectivity index (χ4v) is 8.18. The predicted molar refractivity (Wildman–Crippen MR) is 132 cm³/mol. The summed E-state index contributed by atoms with van der Waals surface area (Å²) in [5.41, 5.74) is 3.41. The number of fused-ring (bicyclic) bond motifs is 5. The van der Waals surface area contributed by atoms with Gasteiger partial charge in [0.2, 0.25) is 5.91 Å². The Morgan fingerprint density at radius 2 is 1.85 bits per heavy atom. The highest BCUT2D eigenvalue weighted by Crippen LogP contribution is 2.63. The van der Waals surface area contributed by atoms with Gasteiger partial charge in [0.15, 0.2) is 0 Å². The molecule has 3 aliphatic carbocycles. The number of hydrogen-bond donors (Lipinski definition) is 2. The van der Waals surface area contributed by atoms with Crippen molar-refractivity contribution in [3.05, 3.63) is 41.5 Å². The van der Waals surface area contributed by atoms with Crippen molar-refractivity contribution >= 4 is 17.6 Å². The number of carbonyl (C=O) groups excluding carboxylic acids is 2. The standard InChI is InChI=1S/C28H39N3O2/c1-17-7-6-8-22(18(17)2)29-26(33)30-23-11-10-20-19-9-12-24-28(4,16-14-25(32)31(24)5)21(19)13-15-27(20,23)3/h6-8,14,16,19-21,23-24H,9-13,15H2,1-5H3,(H2,29,30,33)/t19-,20-,21+,23?,24?,27-,28+/m0/s1. The van der Waals surface area contributed by atoms with E-state index < -0.39 is 0 Å². The van der Waals surface area contributed by atoms with Gasteiger partial charge in [0.25, 0.3) is 0 Å². The molecule has 3 fully saturated rings. The molecule has 4 aliphatic rings. The quantitative estimate of drug-likeness (QED) is 0.632. The zero-order chi connectivity index (χ0) is 23.5. The Morgan fingerprint density at radius 1 is 1.06 bits per heavy atom. The molecule has 0 bridgehead atoms. The van der Waals surface area contributed by atoms with Gasteiger partial charge < -0.3 is 15.5 Å². The molecule has 0 radical (unpaired) electrons. The van der Waals surface area contributed by atoms with E-state index in [-0.39, 0.29) is 28.8 Å². The van der Waals surface area contributed by atoms with Crippen LogP contribution in [0.4, 0.5) is 10.5 Å². The fraction of sp³-hybridized carbons (Fsp3) is 0.643. The third-order valence-electron chi connectivity index (χ3n) is 10.3. The second-order valence-corrected chi connectivity index (χ2v) is 11.6. The molecule has 0 aromatic heterocycles. The lowest BCUT2D eigenvalue weighted by Gasteiger charge is -2.60. The van der Waals surface area contributed by atoms with E-state index in [1.54, 1.807) is 0 Å². The molecular formula is C28H39N3O2. The van der Waals surface area contributed by atoms with Gasteiger partial charge >= 0.3 is 6.03 Å². The van der Waals surface area contributed by atoms with Crippen LogP contribution in [-0.2, 0) is 4.79 Å². The summed E-state index contributed by atoms with van der Waals surface area (Å²) in [4.78, 5) is 27.2. The first-order valence-electron chi connectivity index (χ1n) is 12.7. The minimum Gasteiger partial charge on any atom is -0.338 e. The van der Waals surface area contributed by atoms with Gasteiger partial charge in [-0.25, -0.2) is 4.79 Å². The number of amides is 3. The molecule has 1 aliphatic heterocycles. The van der Waals surface area contributed by atoms with Gasteiger partial charge in [-0.15, -0.1) is 0 Å². The number of nitrogens with one attached hydrogen (secondary N) is 2. The van der Waals surface area contributed by atoms with Crippen molar-refractivity contribution in [3.63, 3.8) is 0 Å². The summed E-state index contributed by atoms with van der Waals surface area (Å²) in [6.07, 6.45) is 10.9. The first-order valence-corrected chi connectivity index (χ1v) is 12.7. The van der Waals surface area contributed by atoms with Crippen LogP contribution in [0.3, 0.4) is 0 Å². The molecule has 1 aromatic rings. The summed E-state index contributed by atoms with van der Waals surface area (Å²) in [5, 5.41) is 6.47. The van der Waals surface area contributed by atoms with Crippen LogP contribution in [0.25, 0.3) is 0 Å². The van der Waals surface area contributed by atoms with E-state index >= 15 is 0 Å². The second-order valence-electron chi connectivity index (χ2n) is 11.6. The first kappa shape index (κ1) is 22.5. The van der Waals surface area contributed by atoms with Crippen LogP contribution in [0.15, 0.2) is 30.4 Å². The fourth-order valence-electron chi connectivity index (χ4n) is 8.18. The van der Waals surface area contributed by atoms with Gasteiger partial charge in [-0.3, -0.25) is 4.79 Å². The summed E-state index contributed by atoms with van der Waals surface area (Å²) in [6, 6.07) is 6.50. The highest BCUT2D eigenvalue weighted by atomic mass is 16.2. The molecule has 0 spiro atoms. The Balaban J connectivity index is 1.32. The highest BCUT2D eigenvalue weighted by Gasteiger charge is 2.60. The summed E-state index contributed by atoms with van der Waals surface area (Å²) in [5.74, 6) is 2.07. The zero-order valence-electron chi connectivity index (χ0n) is 20.8. The number of nitrogens with zero attached hydrogens (tertiary/aromatic N) is 1. The van der Waals surface area contributed by atoms with Crippen molar-refractivity contribution in [2.24, 2.45) is 28.6 Å². The molecule has 5 rings (SSSR count). The molecule has 7 atom stereocenters. The van der Waals surface area contributed by atoms with Crippen molar-refractivity contribution in [2.75, 3.05) is 12.4 Å². The van der Waals surface area contributed by atoms with Gasteiger partial charge in [0.05, 0.1) is 0 Å². The van der Waals surface area contributed by atoms with E-state index in [0.717, 1.165) is 30.5 Å². The van der Waals surface area contributed by atoms with Crippen molar-refractivity contribution < 1.29 is 9.59 Å². The highest BCUT2D eigenvalue weighted by molar-refractivity contribution is 5.90. The molecule has 1 heterocycles. The van der Waals surface area contributed by atoms with E-state index in [0.29, 0.717) is 23.8 Å². The largest absolute Gasteiger partial charge is 0.338 e. The lowest BCUT2D eigenvalue weighted by Crippen LogP contribution is -2.60. The Morgan fingerprint density at radius 3 is 2.64 bits per heavy atom. The SMILES string of the molecule is Cc1cccc(NC(=O)NC2CC[C@H]3[C@@H]4CCC5N(C)C(=O)C=C[C@]5(C)[C@@H]4CC[C@]23C)c1C. The molecular weight excluding hydrogens is 410 g/mol. The molecule has 5 nitrogen and oxygen atoms in total. The number of urea groups is 1. The third kappa shape index (κ3) is 3.41. The van der Waals surface area contributed by atoms with E-state index in [4.69, 9.17) is 0 Å². The van der Waals surface area contributed by atoms with Crippen LogP contribution in [0.1, 0.15) is 63.5 Å². The topological polar surface area (TPSA) is 61.4 Å². The first-order chi connectivity index (χ1) is 15.6. The van der Waals surface area contributed by atoms with Crippen molar-refractivity contribution in [2.45, 2.75) is 78.3 Å². The smallest absolute Gasteiger partial charge is 0.319 e. The van der Waals surface area contributed by atoms with Gasteiger partial charge in [-0.2, -0.15) is 0 Å². The maximum atomic E-state index is 13.0. The number of hydrogen-bond acceptors (Lipinski definition) is 2. The van der Waals surface area contributed by atoms with Gasteiger partial charge in [0, 0.05) is 30.2 Å². The van der Waals surface area contributed by atoms with E-state index in [9.17, 15) is 9.59 Å². The molecule has 3 saturated carbocycles. The number of benzene rings is 1. The van der Waals surface area contributed by atoms with Gasteiger partial charge in [0.1, 0.15) is 0 Å². The van der Waals surface area contributed by atoms with Crippen molar-refractivity contribution in [3.8, 4) is 0 Å². The van der Waals surface area contributed by atoms with Crippen LogP contribution >= 0.6 is 0 Å². The minimum absolute atomic E-state index is 0.0679. The van der Waals surface area contributed by atoms with Crippen molar-refractivity contribution in [1.29, 1.82) is 0 Å². The number of rotatable bonds is 2. The average molecular weight is 450 g/mol. The molecule has 5 heteroatoms. The molecule has 2 N–H and O–H groups in total. The summed E-state index contributed by atoms with van der Waals surface area (Å²) in [6.45, 7) is 8.94. The Labute approximate surface area is 198 Å². The Bertz CT molecular complexity index is 1000. The van der Waals surface area contributed by atoms with E-state index in [1.807, 2.05) is 30.2 Å². The van der Waals surface area contributed by atoms with Crippen LogP contribution in [0, 0.1) is 42.4 Å². The Kier molecular flexibility index (Phi) is 5.37. The molecule has 1 aromatic carbocycles. The summed E-state index contributed by atoms with van der Waals surface area (Å²) >= 11 is 0. The Hall–Kier alpha value is -2.30. The van der Waals surface area contributed by atoms with Crippen LogP contribution in [-0.4, -0.2) is 36.0 Å². The van der Waals surface area contributed by atoms with Crippen LogP contribution in [0.2, 0.25) is 0 Å². The summed E-state index contributed by atoms with van der Waals surface area (Å²) < 4.78 is 0. The monoisotopic (exact) mass is 449 g/mol. The average Bonchev–Trinajstić information content (AvgIpc) is 3.10. The molecule has 178 valence electrons. The lowest BCUT2D eigenvalue weighted by atomic mass is 9.48. The summed E-state index contributed by atoms with van der Waals surface area (Å²) in [7, 11) is 1.98. The predicted octanol–water partition coefficient (Wildman–Crippen LogP) is 5.43. The van der Waals surface area contributed by atoms with E-state index in [1.165, 1.54) is 24.8 Å². The second kappa shape index (κ2) is 7.89. The molecule has 0 saturated heterocycles. The van der Waals surface area contributed by atoms with Crippen LogP contribution in [0.5, 0.6) is 0 Å². The number of aryl methyl sites for hydroxylation is 1. The van der Waals surface area contributed by atoms with Crippen LogP contribution < -0.4 is 10.6 Å². The molecule has 2 unspecified atom stereocenters. The van der Waals surface area contributed by atoms with Crippen molar-refractivity contribution in [1.82, 2.24) is 10.2 Å². The minimum atomic E-state index is -0.0799. The van der Waals surface area contributed by atoms with Gasteiger partial charge in [-0.05, 0) is 98.8 Å².